The standard InChI is InChI=1S/C20H26N4O3S.HI/c1-2-18(19-6-4-12-28-19)23-20(22-14-17-5-3-11-27-17)21-13-15-7-9-16(10-8-15)24(25)26;/h4,6-10,12,17-18H,2-3,5,11,13-14H2,1H3,(H2,21,22,23);1H. The van der Waals surface area contributed by atoms with Crippen molar-refractivity contribution < 1.29 is 9.66 Å². The van der Waals surface area contributed by atoms with Crippen molar-refractivity contribution in [2.75, 3.05) is 13.2 Å². The molecule has 1 aromatic heterocycles. The highest BCUT2D eigenvalue weighted by Crippen LogP contribution is 2.21. The molecule has 0 aliphatic carbocycles. The number of nitrogens with zero attached hydrogens (tertiary/aromatic N) is 2. The van der Waals surface area contributed by atoms with Gasteiger partial charge in [-0.25, -0.2) is 4.99 Å². The maximum absolute atomic E-state index is 10.8. The van der Waals surface area contributed by atoms with E-state index in [0.29, 0.717) is 13.1 Å². The lowest BCUT2D eigenvalue weighted by Gasteiger charge is -2.21. The average molecular weight is 530 g/mol. The van der Waals surface area contributed by atoms with Crippen LogP contribution < -0.4 is 10.6 Å². The molecule has 0 spiro atoms. The number of halogens is 1. The van der Waals surface area contributed by atoms with Crippen LogP contribution in [0.3, 0.4) is 0 Å². The van der Waals surface area contributed by atoms with Gasteiger partial charge in [0.1, 0.15) is 0 Å². The number of benzene rings is 1. The normalized spacial score (nSPS) is 17.4. The van der Waals surface area contributed by atoms with Gasteiger partial charge in [0, 0.05) is 30.2 Å². The van der Waals surface area contributed by atoms with Crippen LogP contribution in [0.2, 0.25) is 0 Å². The number of nitrogens with one attached hydrogen (secondary N) is 2. The molecule has 1 fully saturated rings. The van der Waals surface area contributed by atoms with Crippen LogP contribution in [0, 0.1) is 10.1 Å². The molecule has 0 radical (unpaired) electrons. The van der Waals surface area contributed by atoms with E-state index in [1.54, 1.807) is 23.5 Å². The van der Waals surface area contributed by atoms with Crippen molar-refractivity contribution in [3.05, 3.63) is 62.3 Å². The molecule has 7 nitrogen and oxygen atoms in total. The van der Waals surface area contributed by atoms with Crippen molar-refractivity contribution in [2.24, 2.45) is 4.99 Å². The van der Waals surface area contributed by atoms with Crippen molar-refractivity contribution >= 4 is 47.0 Å². The molecule has 1 aromatic carbocycles. The number of aliphatic imine (C=N–C) groups is 1. The van der Waals surface area contributed by atoms with Gasteiger partial charge in [0.25, 0.3) is 5.69 Å². The second-order valence-corrected chi connectivity index (χ2v) is 7.70. The Balaban J connectivity index is 0.00000300. The molecule has 0 saturated carbocycles. The lowest BCUT2D eigenvalue weighted by atomic mass is 10.2. The number of rotatable bonds is 8. The number of guanidine groups is 1. The smallest absolute Gasteiger partial charge is 0.269 e. The molecular formula is C20H27IN4O3S. The number of nitro benzene ring substituents is 1. The maximum Gasteiger partial charge on any atom is 0.269 e. The number of ether oxygens (including phenoxy) is 1. The Morgan fingerprint density at radius 3 is 2.76 bits per heavy atom. The summed E-state index contributed by atoms with van der Waals surface area (Å²) in [7, 11) is 0. The van der Waals surface area contributed by atoms with Gasteiger partial charge < -0.3 is 15.4 Å². The van der Waals surface area contributed by atoms with E-state index in [-0.39, 0.29) is 41.8 Å². The highest BCUT2D eigenvalue weighted by Gasteiger charge is 2.17. The summed E-state index contributed by atoms with van der Waals surface area (Å²) in [5.74, 6) is 0.731. The first-order valence-electron chi connectivity index (χ1n) is 9.59. The van der Waals surface area contributed by atoms with Gasteiger partial charge in [-0.3, -0.25) is 10.1 Å². The summed E-state index contributed by atoms with van der Waals surface area (Å²) in [5, 5.41) is 19.8. The summed E-state index contributed by atoms with van der Waals surface area (Å²) in [6.07, 6.45) is 3.32. The maximum atomic E-state index is 10.8. The summed E-state index contributed by atoms with van der Waals surface area (Å²) < 4.78 is 5.70. The zero-order valence-corrected chi connectivity index (χ0v) is 19.5. The first-order chi connectivity index (χ1) is 13.7. The van der Waals surface area contributed by atoms with Crippen LogP contribution in [0.1, 0.15) is 42.7 Å². The fourth-order valence-corrected chi connectivity index (χ4v) is 3.95. The highest BCUT2D eigenvalue weighted by atomic mass is 127. The molecule has 2 heterocycles. The lowest BCUT2D eigenvalue weighted by Crippen LogP contribution is -2.42. The third-order valence-electron chi connectivity index (χ3n) is 4.69. The summed E-state index contributed by atoms with van der Waals surface area (Å²) in [5.41, 5.74) is 1.01. The SMILES string of the molecule is CCC(NC(=NCc1ccc([N+](=O)[O-])cc1)NCC1CCCO1)c1cccs1.I. The molecule has 0 bridgehead atoms. The molecule has 2 unspecified atom stereocenters. The monoisotopic (exact) mass is 530 g/mol. The minimum Gasteiger partial charge on any atom is -0.376 e. The van der Waals surface area contributed by atoms with Gasteiger partial charge in [0.05, 0.1) is 23.6 Å². The molecule has 29 heavy (non-hydrogen) atoms. The molecule has 1 saturated heterocycles. The van der Waals surface area contributed by atoms with Crippen LogP contribution in [0.25, 0.3) is 0 Å². The third kappa shape index (κ3) is 7.23. The van der Waals surface area contributed by atoms with Crippen LogP contribution in [-0.4, -0.2) is 30.1 Å². The van der Waals surface area contributed by atoms with Crippen molar-refractivity contribution in [1.82, 2.24) is 10.6 Å². The Morgan fingerprint density at radius 2 is 2.17 bits per heavy atom. The first kappa shape index (κ1) is 23.6. The second-order valence-electron chi connectivity index (χ2n) is 6.72. The molecule has 9 heteroatoms. The fourth-order valence-electron chi connectivity index (χ4n) is 3.09. The van der Waals surface area contributed by atoms with E-state index in [0.717, 1.165) is 37.4 Å². The topological polar surface area (TPSA) is 88.8 Å². The largest absolute Gasteiger partial charge is 0.376 e. The molecule has 2 aromatic rings. The van der Waals surface area contributed by atoms with E-state index in [2.05, 4.69) is 35.1 Å². The Labute approximate surface area is 192 Å². The van der Waals surface area contributed by atoms with Gasteiger partial charge in [-0.2, -0.15) is 0 Å². The van der Waals surface area contributed by atoms with Crippen LogP contribution in [0.4, 0.5) is 5.69 Å². The van der Waals surface area contributed by atoms with Gasteiger partial charge >= 0.3 is 0 Å². The zero-order valence-electron chi connectivity index (χ0n) is 16.4. The molecule has 1 aliphatic rings. The number of hydrogen-bond donors (Lipinski definition) is 2. The Hall–Kier alpha value is -1.72. The van der Waals surface area contributed by atoms with Crippen molar-refractivity contribution in [1.29, 1.82) is 0 Å². The van der Waals surface area contributed by atoms with Gasteiger partial charge in [-0.05, 0) is 36.3 Å². The quantitative estimate of drug-likeness (QED) is 0.171. The summed E-state index contributed by atoms with van der Waals surface area (Å²) >= 11 is 1.73. The van der Waals surface area contributed by atoms with Gasteiger partial charge in [-0.15, -0.1) is 35.3 Å². The molecule has 0 amide bonds. The van der Waals surface area contributed by atoms with Crippen LogP contribution in [0.5, 0.6) is 0 Å². The number of hydrogen-bond acceptors (Lipinski definition) is 5. The molecule has 2 atom stereocenters. The summed E-state index contributed by atoms with van der Waals surface area (Å²) in [6, 6.07) is 10.9. The lowest BCUT2D eigenvalue weighted by molar-refractivity contribution is -0.384. The van der Waals surface area contributed by atoms with E-state index in [9.17, 15) is 10.1 Å². The minimum absolute atomic E-state index is 0. The molecule has 1 aliphatic heterocycles. The van der Waals surface area contributed by atoms with Crippen molar-refractivity contribution in [2.45, 2.75) is 44.9 Å². The van der Waals surface area contributed by atoms with E-state index in [1.807, 2.05) is 0 Å². The molecular weight excluding hydrogens is 503 g/mol. The van der Waals surface area contributed by atoms with Crippen molar-refractivity contribution in [3.8, 4) is 0 Å². The van der Waals surface area contributed by atoms with E-state index >= 15 is 0 Å². The Bertz CT molecular complexity index is 778. The van der Waals surface area contributed by atoms with Gasteiger partial charge in [-0.1, -0.05) is 25.1 Å². The van der Waals surface area contributed by atoms with Gasteiger partial charge in [0.2, 0.25) is 0 Å². The third-order valence-corrected chi connectivity index (χ3v) is 5.68. The summed E-state index contributed by atoms with van der Waals surface area (Å²) in [4.78, 5) is 16.4. The van der Waals surface area contributed by atoms with Crippen LogP contribution >= 0.6 is 35.3 Å². The highest BCUT2D eigenvalue weighted by molar-refractivity contribution is 14.0. The van der Waals surface area contributed by atoms with E-state index in [1.165, 1.54) is 17.0 Å². The fraction of sp³-hybridized carbons (Fsp3) is 0.450. The Morgan fingerprint density at radius 1 is 1.38 bits per heavy atom. The predicted molar refractivity (Wildman–Crippen MR) is 127 cm³/mol. The van der Waals surface area contributed by atoms with Crippen molar-refractivity contribution in [3.63, 3.8) is 0 Å². The second kappa shape index (κ2) is 12.1. The first-order valence-corrected chi connectivity index (χ1v) is 10.5. The van der Waals surface area contributed by atoms with Crippen LogP contribution in [-0.2, 0) is 11.3 Å². The minimum atomic E-state index is -0.393. The average Bonchev–Trinajstić information content (AvgIpc) is 3.42. The number of nitro groups is 1. The van der Waals surface area contributed by atoms with Gasteiger partial charge in [0.15, 0.2) is 5.96 Å². The Kier molecular flexibility index (Phi) is 9.82. The molecule has 158 valence electrons. The molecule has 3 rings (SSSR count). The molecule has 2 N–H and O–H groups in total. The number of thiophene rings is 1. The van der Waals surface area contributed by atoms with Crippen LogP contribution in [0.15, 0.2) is 46.8 Å². The summed E-state index contributed by atoms with van der Waals surface area (Å²) in [6.45, 7) is 4.12. The number of non-ortho nitro benzene ring substituents is 1. The van der Waals surface area contributed by atoms with E-state index in [4.69, 9.17) is 9.73 Å². The van der Waals surface area contributed by atoms with E-state index < -0.39 is 4.92 Å². The predicted octanol–water partition coefficient (Wildman–Crippen LogP) is 4.64. The zero-order chi connectivity index (χ0) is 19.8.